The Bertz CT molecular complexity index is 626. The van der Waals surface area contributed by atoms with E-state index in [4.69, 9.17) is 5.73 Å². The van der Waals surface area contributed by atoms with Gasteiger partial charge in [0.2, 0.25) is 0 Å². The molecule has 0 aliphatic rings. The van der Waals surface area contributed by atoms with Crippen molar-refractivity contribution in [2.75, 3.05) is 6.54 Å². The van der Waals surface area contributed by atoms with Gasteiger partial charge in [0, 0.05) is 12.6 Å². The molecular weight excluding hydrogens is 247 g/mol. The van der Waals surface area contributed by atoms with E-state index in [2.05, 4.69) is 4.98 Å². The van der Waals surface area contributed by atoms with E-state index in [0.29, 0.717) is 5.52 Å². The van der Waals surface area contributed by atoms with E-state index in [1.54, 1.807) is 6.92 Å². The van der Waals surface area contributed by atoms with Crippen LogP contribution in [-0.2, 0) is 6.18 Å². The van der Waals surface area contributed by atoms with Crippen LogP contribution in [0.2, 0.25) is 0 Å². The number of rotatable bonds is 2. The van der Waals surface area contributed by atoms with Crippen LogP contribution in [-0.4, -0.2) is 16.1 Å². The van der Waals surface area contributed by atoms with Gasteiger partial charge in [-0.3, -0.25) is 4.57 Å². The van der Waals surface area contributed by atoms with Gasteiger partial charge < -0.3 is 10.7 Å². The average Bonchev–Trinajstić information content (AvgIpc) is 2.61. The minimum Gasteiger partial charge on any atom is -0.328 e. The fraction of sp³-hybridized carbons (Fsp3) is 0.364. The van der Waals surface area contributed by atoms with Crippen molar-refractivity contribution in [2.45, 2.75) is 19.1 Å². The normalized spacial score (nSPS) is 14.1. The Hall–Kier alpha value is -1.76. The van der Waals surface area contributed by atoms with Crippen molar-refractivity contribution < 1.29 is 13.2 Å². The second-order valence-corrected chi connectivity index (χ2v) is 4.11. The molecule has 2 aromatic rings. The number of aromatic amines is 1. The highest BCUT2D eigenvalue weighted by Gasteiger charge is 2.31. The van der Waals surface area contributed by atoms with Crippen LogP contribution in [0.15, 0.2) is 23.0 Å². The molecular formula is C11H12F3N3O. The fourth-order valence-electron chi connectivity index (χ4n) is 1.85. The molecule has 0 bridgehead atoms. The molecule has 0 amide bonds. The highest BCUT2D eigenvalue weighted by atomic mass is 19.4. The smallest absolute Gasteiger partial charge is 0.328 e. The van der Waals surface area contributed by atoms with Crippen LogP contribution in [0.3, 0.4) is 0 Å². The van der Waals surface area contributed by atoms with Crippen LogP contribution < -0.4 is 11.4 Å². The molecule has 4 nitrogen and oxygen atoms in total. The summed E-state index contributed by atoms with van der Waals surface area (Å²) in [7, 11) is 0. The Morgan fingerprint density at radius 1 is 1.44 bits per heavy atom. The standard InChI is InChI=1S/C11H12F3N3O/c1-6(5-15)17-9-3-2-7(11(12,13)14)4-8(9)16-10(17)18/h2-4,6H,5,15H2,1H3,(H,16,18). The maximum Gasteiger partial charge on any atom is 0.416 e. The van der Waals surface area contributed by atoms with Crippen LogP contribution in [0, 0.1) is 0 Å². The minimum absolute atomic E-state index is 0.162. The van der Waals surface area contributed by atoms with Crippen LogP contribution in [0.5, 0.6) is 0 Å². The highest BCUT2D eigenvalue weighted by Crippen LogP contribution is 2.31. The van der Waals surface area contributed by atoms with Crippen LogP contribution in [0.1, 0.15) is 18.5 Å². The summed E-state index contributed by atoms with van der Waals surface area (Å²) in [5, 5.41) is 0. The van der Waals surface area contributed by atoms with Crippen LogP contribution >= 0.6 is 0 Å². The molecule has 7 heteroatoms. The number of hydrogen-bond donors (Lipinski definition) is 2. The summed E-state index contributed by atoms with van der Waals surface area (Å²) in [4.78, 5) is 14.1. The molecule has 18 heavy (non-hydrogen) atoms. The molecule has 0 aliphatic carbocycles. The number of fused-ring (bicyclic) bond motifs is 1. The predicted molar refractivity (Wildman–Crippen MR) is 61.3 cm³/mol. The third kappa shape index (κ3) is 2.01. The van der Waals surface area contributed by atoms with Crippen molar-refractivity contribution in [3.8, 4) is 0 Å². The lowest BCUT2D eigenvalue weighted by atomic mass is 10.2. The molecule has 1 unspecified atom stereocenters. The summed E-state index contributed by atoms with van der Waals surface area (Å²) < 4.78 is 38.9. The van der Waals surface area contributed by atoms with Gasteiger partial charge in [-0.2, -0.15) is 13.2 Å². The van der Waals surface area contributed by atoms with E-state index in [-0.39, 0.29) is 18.1 Å². The summed E-state index contributed by atoms with van der Waals surface area (Å²) in [5.41, 5.74) is 4.81. The molecule has 98 valence electrons. The Balaban J connectivity index is 2.66. The van der Waals surface area contributed by atoms with E-state index < -0.39 is 17.4 Å². The molecule has 3 N–H and O–H groups in total. The Morgan fingerprint density at radius 2 is 2.11 bits per heavy atom. The Kier molecular flexibility index (Phi) is 2.94. The number of nitrogens with zero attached hydrogens (tertiary/aromatic N) is 1. The van der Waals surface area contributed by atoms with Gasteiger partial charge in [-0.05, 0) is 25.1 Å². The van der Waals surface area contributed by atoms with Crippen molar-refractivity contribution >= 4 is 11.0 Å². The van der Waals surface area contributed by atoms with Gasteiger partial charge in [-0.15, -0.1) is 0 Å². The number of imidazole rings is 1. The van der Waals surface area contributed by atoms with Crippen LogP contribution in [0.4, 0.5) is 13.2 Å². The maximum atomic E-state index is 12.5. The van der Waals surface area contributed by atoms with Crippen molar-refractivity contribution in [1.29, 1.82) is 0 Å². The van der Waals surface area contributed by atoms with Crippen molar-refractivity contribution in [3.05, 3.63) is 34.2 Å². The minimum atomic E-state index is -4.42. The zero-order valence-electron chi connectivity index (χ0n) is 9.58. The first-order valence-electron chi connectivity index (χ1n) is 5.36. The number of nitrogens with two attached hydrogens (primary N) is 1. The molecule has 1 aromatic carbocycles. The zero-order valence-corrected chi connectivity index (χ0v) is 9.58. The van der Waals surface area contributed by atoms with Gasteiger partial charge in [0.15, 0.2) is 0 Å². The topological polar surface area (TPSA) is 63.8 Å². The predicted octanol–water partition coefficient (Wildman–Crippen LogP) is 1.87. The van der Waals surface area contributed by atoms with Crippen molar-refractivity contribution in [3.63, 3.8) is 0 Å². The average molecular weight is 259 g/mol. The lowest BCUT2D eigenvalue weighted by Gasteiger charge is -2.11. The second-order valence-electron chi connectivity index (χ2n) is 4.11. The molecule has 0 spiro atoms. The number of halogens is 3. The molecule has 0 saturated carbocycles. The fourth-order valence-corrected chi connectivity index (χ4v) is 1.85. The molecule has 0 saturated heterocycles. The van der Waals surface area contributed by atoms with Gasteiger partial charge in [0.25, 0.3) is 0 Å². The molecule has 0 aliphatic heterocycles. The summed E-state index contributed by atoms with van der Waals surface area (Å²) in [6, 6.07) is 2.89. The van der Waals surface area contributed by atoms with Gasteiger partial charge in [0.05, 0.1) is 16.6 Å². The maximum absolute atomic E-state index is 12.5. The number of hydrogen-bond acceptors (Lipinski definition) is 2. The molecule has 2 rings (SSSR count). The molecule has 1 aromatic heterocycles. The number of aromatic nitrogens is 2. The Labute approximate surface area is 100 Å². The lowest BCUT2D eigenvalue weighted by Crippen LogP contribution is -2.25. The van der Waals surface area contributed by atoms with Gasteiger partial charge in [-0.1, -0.05) is 0 Å². The summed E-state index contributed by atoms with van der Waals surface area (Å²) >= 11 is 0. The molecule has 0 radical (unpaired) electrons. The van der Waals surface area contributed by atoms with Crippen molar-refractivity contribution in [1.82, 2.24) is 9.55 Å². The lowest BCUT2D eigenvalue weighted by molar-refractivity contribution is -0.137. The van der Waals surface area contributed by atoms with E-state index in [1.165, 1.54) is 10.6 Å². The van der Waals surface area contributed by atoms with Crippen molar-refractivity contribution in [2.24, 2.45) is 5.73 Å². The highest BCUT2D eigenvalue weighted by molar-refractivity contribution is 5.76. The monoisotopic (exact) mass is 259 g/mol. The number of alkyl halides is 3. The van der Waals surface area contributed by atoms with E-state index >= 15 is 0 Å². The van der Waals surface area contributed by atoms with E-state index in [1.807, 2.05) is 0 Å². The van der Waals surface area contributed by atoms with Crippen LogP contribution in [0.25, 0.3) is 11.0 Å². The summed E-state index contributed by atoms with van der Waals surface area (Å²) in [6.45, 7) is 1.96. The largest absolute Gasteiger partial charge is 0.416 e. The first kappa shape index (κ1) is 12.7. The SMILES string of the molecule is CC(CN)n1c(=O)[nH]c2cc(C(F)(F)F)ccc21. The zero-order chi connectivity index (χ0) is 13.5. The summed E-state index contributed by atoms with van der Waals surface area (Å²) in [6.07, 6.45) is -4.42. The molecule has 0 fully saturated rings. The first-order valence-corrected chi connectivity index (χ1v) is 5.36. The third-order valence-corrected chi connectivity index (χ3v) is 2.83. The number of benzene rings is 1. The summed E-state index contributed by atoms with van der Waals surface area (Å²) in [5.74, 6) is 0. The number of H-pyrrole nitrogens is 1. The third-order valence-electron chi connectivity index (χ3n) is 2.83. The van der Waals surface area contributed by atoms with Gasteiger partial charge >= 0.3 is 11.9 Å². The van der Waals surface area contributed by atoms with E-state index in [0.717, 1.165) is 12.1 Å². The molecule has 1 atom stereocenters. The quantitative estimate of drug-likeness (QED) is 0.864. The van der Waals surface area contributed by atoms with Gasteiger partial charge in [0.1, 0.15) is 0 Å². The van der Waals surface area contributed by atoms with Gasteiger partial charge in [-0.25, -0.2) is 4.79 Å². The Morgan fingerprint density at radius 3 is 2.67 bits per heavy atom. The van der Waals surface area contributed by atoms with E-state index in [9.17, 15) is 18.0 Å². The molecule has 1 heterocycles. The second kappa shape index (κ2) is 4.16. The first-order chi connectivity index (χ1) is 8.34. The number of nitrogens with one attached hydrogen (secondary N) is 1.